The summed E-state index contributed by atoms with van der Waals surface area (Å²) in [5.41, 5.74) is 3.54. The van der Waals surface area contributed by atoms with Crippen molar-refractivity contribution in [3.05, 3.63) is 131 Å². The number of para-hydroxylation sites is 2. The first-order valence-electron chi connectivity index (χ1n) is 13.2. The van der Waals surface area contributed by atoms with Gasteiger partial charge in [0.25, 0.3) is 11.5 Å². The summed E-state index contributed by atoms with van der Waals surface area (Å²) >= 11 is 0. The number of aromatic nitrogens is 1. The van der Waals surface area contributed by atoms with Crippen LogP contribution < -0.4 is 10.5 Å². The van der Waals surface area contributed by atoms with E-state index in [1.54, 1.807) is 31.0 Å². The minimum Gasteiger partial charge on any atom is -0.448 e. The van der Waals surface area contributed by atoms with Gasteiger partial charge in [-0.05, 0) is 54.6 Å². The molecule has 0 N–H and O–H groups in total. The van der Waals surface area contributed by atoms with Crippen molar-refractivity contribution in [2.75, 3.05) is 4.90 Å². The maximum Gasteiger partial charge on any atom is 0.356 e. The molecule has 0 aliphatic heterocycles. The SMILES string of the molecule is CCC(OC(=O)c1c(-c2ccc(C)cc2)c2ccccc2c(=O)n1C)C(=O)N(c1ccccc1)c1ccccc1. The Labute approximate surface area is 233 Å². The number of anilines is 2. The number of carbonyl (C=O) groups is 2. The zero-order valence-electron chi connectivity index (χ0n) is 22.7. The second-order valence-corrected chi connectivity index (χ2v) is 9.65. The Morgan fingerprint density at radius 3 is 1.85 bits per heavy atom. The number of fused-ring (bicyclic) bond motifs is 1. The standard InChI is InChI=1S/C34H30N2O4/c1-4-29(33(38)36(25-13-7-5-8-14-25)26-15-9-6-10-16-26)40-34(39)31-30(24-21-19-23(2)20-22-24)27-17-11-12-18-28(27)32(37)35(31)3/h5-22,29H,4H2,1-3H3. The third kappa shape index (κ3) is 5.04. The number of benzene rings is 4. The van der Waals surface area contributed by atoms with Gasteiger partial charge < -0.3 is 9.30 Å². The molecule has 0 aliphatic carbocycles. The molecule has 0 aliphatic rings. The monoisotopic (exact) mass is 530 g/mol. The van der Waals surface area contributed by atoms with Gasteiger partial charge in [0.2, 0.25) is 0 Å². The molecule has 6 heteroatoms. The van der Waals surface area contributed by atoms with Crippen molar-refractivity contribution >= 4 is 34.0 Å². The summed E-state index contributed by atoms with van der Waals surface area (Å²) < 4.78 is 7.27. The lowest BCUT2D eigenvalue weighted by Crippen LogP contribution is -2.39. The molecule has 6 nitrogen and oxygen atoms in total. The molecule has 0 fully saturated rings. The number of amides is 1. The Bertz CT molecular complexity index is 1690. The van der Waals surface area contributed by atoms with E-state index >= 15 is 0 Å². The molecule has 40 heavy (non-hydrogen) atoms. The van der Waals surface area contributed by atoms with E-state index in [-0.39, 0.29) is 23.6 Å². The van der Waals surface area contributed by atoms with Crippen molar-refractivity contribution in [3.63, 3.8) is 0 Å². The van der Waals surface area contributed by atoms with Crippen LogP contribution in [0.25, 0.3) is 21.9 Å². The molecular formula is C34H30N2O4. The molecule has 5 aromatic rings. The Kier molecular flexibility index (Phi) is 7.60. The molecule has 5 rings (SSSR count). The van der Waals surface area contributed by atoms with Gasteiger partial charge in [-0.1, -0.05) is 91.3 Å². The van der Waals surface area contributed by atoms with Gasteiger partial charge >= 0.3 is 5.97 Å². The average Bonchev–Trinajstić information content (AvgIpc) is 2.99. The van der Waals surface area contributed by atoms with Crippen LogP contribution in [-0.4, -0.2) is 22.5 Å². The van der Waals surface area contributed by atoms with Gasteiger partial charge in [-0.3, -0.25) is 14.5 Å². The predicted molar refractivity (Wildman–Crippen MR) is 159 cm³/mol. The molecule has 1 atom stereocenters. The quantitative estimate of drug-likeness (QED) is 0.217. The molecule has 0 spiro atoms. The topological polar surface area (TPSA) is 68.6 Å². The number of ether oxygens (including phenoxy) is 1. The van der Waals surface area contributed by atoms with Crippen LogP contribution in [0, 0.1) is 6.92 Å². The fourth-order valence-corrected chi connectivity index (χ4v) is 4.91. The molecule has 1 amide bonds. The van der Waals surface area contributed by atoms with Gasteiger partial charge in [0, 0.05) is 29.4 Å². The first kappa shape index (κ1) is 26.6. The summed E-state index contributed by atoms with van der Waals surface area (Å²) in [6.07, 6.45) is -0.831. The van der Waals surface area contributed by atoms with E-state index in [0.717, 1.165) is 11.1 Å². The molecule has 1 aromatic heterocycles. The molecule has 0 saturated carbocycles. The zero-order valence-corrected chi connectivity index (χ0v) is 22.7. The maximum atomic E-state index is 14.0. The van der Waals surface area contributed by atoms with Gasteiger partial charge in [-0.25, -0.2) is 4.79 Å². The Balaban J connectivity index is 1.60. The Hall–Kier alpha value is -4.97. The van der Waals surface area contributed by atoms with Crippen LogP contribution in [-0.2, 0) is 16.6 Å². The Morgan fingerprint density at radius 2 is 1.30 bits per heavy atom. The van der Waals surface area contributed by atoms with Crippen LogP contribution in [0.5, 0.6) is 0 Å². The van der Waals surface area contributed by atoms with Crippen LogP contribution in [0.3, 0.4) is 0 Å². The summed E-state index contributed by atoms with van der Waals surface area (Å²) in [6.45, 7) is 3.78. The number of hydrogen-bond donors (Lipinski definition) is 0. The van der Waals surface area contributed by atoms with Crippen molar-refractivity contribution < 1.29 is 14.3 Å². The third-order valence-electron chi connectivity index (χ3n) is 6.98. The molecule has 1 heterocycles. The first-order chi connectivity index (χ1) is 19.4. The van der Waals surface area contributed by atoms with Crippen molar-refractivity contribution in [2.45, 2.75) is 26.4 Å². The summed E-state index contributed by atoms with van der Waals surface area (Å²) in [4.78, 5) is 42.8. The lowest BCUT2D eigenvalue weighted by Gasteiger charge is -2.27. The number of nitrogens with zero attached hydrogens (tertiary/aromatic N) is 2. The van der Waals surface area contributed by atoms with Crippen molar-refractivity contribution in [3.8, 4) is 11.1 Å². The van der Waals surface area contributed by atoms with E-state index in [9.17, 15) is 14.4 Å². The van der Waals surface area contributed by atoms with E-state index in [0.29, 0.717) is 27.7 Å². The predicted octanol–water partition coefficient (Wildman–Crippen LogP) is 6.81. The largest absolute Gasteiger partial charge is 0.448 e. The normalized spacial score (nSPS) is 11.7. The number of esters is 1. The number of aryl methyl sites for hydroxylation is 1. The summed E-state index contributed by atoms with van der Waals surface area (Å²) in [7, 11) is 1.56. The number of pyridine rings is 1. The maximum absolute atomic E-state index is 14.0. The van der Waals surface area contributed by atoms with E-state index in [2.05, 4.69) is 0 Å². The molecule has 0 bridgehead atoms. The molecule has 0 radical (unpaired) electrons. The van der Waals surface area contributed by atoms with Crippen LogP contribution in [0.1, 0.15) is 29.4 Å². The fourth-order valence-electron chi connectivity index (χ4n) is 4.91. The highest BCUT2D eigenvalue weighted by Crippen LogP contribution is 2.32. The second-order valence-electron chi connectivity index (χ2n) is 9.65. The van der Waals surface area contributed by atoms with Crippen molar-refractivity contribution in [1.29, 1.82) is 0 Å². The minimum atomic E-state index is -1.08. The van der Waals surface area contributed by atoms with Gasteiger partial charge in [0.15, 0.2) is 6.10 Å². The Morgan fingerprint density at radius 1 is 0.775 bits per heavy atom. The first-order valence-corrected chi connectivity index (χ1v) is 13.2. The summed E-state index contributed by atoms with van der Waals surface area (Å²) in [5, 5.41) is 1.15. The minimum absolute atomic E-state index is 0.102. The van der Waals surface area contributed by atoms with E-state index in [4.69, 9.17) is 4.74 Å². The van der Waals surface area contributed by atoms with E-state index in [1.807, 2.05) is 104 Å². The van der Waals surface area contributed by atoms with Gasteiger partial charge in [0.1, 0.15) is 5.69 Å². The molecular weight excluding hydrogens is 500 g/mol. The van der Waals surface area contributed by atoms with Crippen LogP contribution in [0.2, 0.25) is 0 Å². The smallest absolute Gasteiger partial charge is 0.356 e. The average molecular weight is 531 g/mol. The van der Waals surface area contributed by atoms with Crippen LogP contribution >= 0.6 is 0 Å². The number of rotatable bonds is 7. The fraction of sp³-hybridized carbons (Fsp3) is 0.147. The zero-order chi connectivity index (χ0) is 28.2. The highest BCUT2D eigenvalue weighted by molar-refractivity contribution is 6.08. The lowest BCUT2D eigenvalue weighted by atomic mass is 9.96. The van der Waals surface area contributed by atoms with Gasteiger partial charge in [-0.15, -0.1) is 0 Å². The third-order valence-corrected chi connectivity index (χ3v) is 6.98. The van der Waals surface area contributed by atoms with E-state index < -0.39 is 12.1 Å². The molecule has 200 valence electrons. The van der Waals surface area contributed by atoms with E-state index in [1.165, 1.54) is 4.57 Å². The van der Waals surface area contributed by atoms with Crippen LogP contribution in [0.15, 0.2) is 114 Å². The van der Waals surface area contributed by atoms with Gasteiger partial charge in [0.05, 0.1) is 0 Å². The number of carbonyl (C=O) groups excluding carboxylic acids is 2. The summed E-state index contributed by atoms with van der Waals surface area (Å²) in [5.74, 6) is -1.11. The molecule has 4 aromatic carbocycles. The van der Waals surface area contributed by atoms with Crippen LogP contribution in [0.4, 0.5) is 11.4 Å². The molecule has 0 saturated heterocycles. The highest BCUT2D eigenvalue weighted by atomic mass is 16.5. The lowest BCUT2D eigenvalue weighted by molar-refractivity contribution is -0.126. The molecule has 1 unspecified atom stereocenters. The second kappa shape index (κ2) is 11.4. The highest BCUT2D eigenvalue weighted by Gasteiger charge is 2.31. The summed E-state index contributed by atoms with van der Waals surface area (Å²) in [6, 6.07) is 33.5. The number of hydrogen-bond acceptors (Lipinski definition) is 4. The van der Waals surface area contributed by atoms with Crippen molar-refractivity contribution in [2.24, 2.45) is 7.05 Å². The van der Waals surface area contributed by atoms with Crippen molar-refractivity contribution in [1.82, 2.24) is 4.57 Å². The van der Waals surface area contributed by atoms with Gasteiger partial charge in [-0.2, -0.15) is 0 Å².